The maximum Gasteiger partial charge on any atom is 0.322 e. The van der Waals surface area contributed by atoms with Gasteiger partial charge in [0.25, 0.3) is 5.91 Å². The molecule has 1 aromatic heterocycles. The number of amides is 1. The first-order chi connectivity index (χ1) is 9.91. The minimum absolute atomic E-state index is 0.0601. The summed E-state index contributed by atoms with van der Waals surface area (Å²) >= 11 is 0. The number of para-hydroxylation sites is 1. The molecule has 0 aliphatic heterocycles. The van der Waals surface area contributed by atoms with Crippen LogP contribution in [0.1, 0.15) is 21.7 Å². The number of rotatable bonds is 4. The van der Waals surface area contributed by atoms with Gasteiger partial charge >= 0.3 is 5.69 Å². The molecular weight excluding hydrogens is 276 g/mol. The number of H-pyrrole nitrogens is 1. The third-order valence-corrected chi connectivity index (χ3v) is 3.05. The van der Waals surface area contributed by atoms with Crippen molar-refractivity contribution in [2.24, 2.45) is 0 Å². The lowest BCUT2D eigenvalue weighted by Crippen LogP contribution is -2.27. The smallest absolute Gasteiger partial charge is 0.322 e. The van der Waals surface area contributed by atoms with Gasteiger partial charge in [-0.1, -0.05) is 18.2 Å². The first-order valence-electron chi connectivity index (χ1n) is 6.13. The highest BCUT2D eigenvalue weighted by atomic mass is 16.6. The Kier molecular flexibility index (Phi) is 3.88. The summed E-state index contributed by atoms with van der Waals surface area (Å²) in [4.78, 5) is 23.9. The largest absolute Gasteiger partial charge is 0.508 e. The number of aromatic nitrogens is 2. The van der Waals surface area contributed by atoms with Gasteiger partial charge < -0.3 is 10.0 Å². The molecule has 0 saturated carbocycles. The highest BCUT2D eigenvalue weighted by Gasteiger charge is 2.29. The number of benzene rings is 1. The van der Waals surface area contributed by atoms with E-state index in [1.165, 1.54) is 24.9 Å². The van der Waals surface area contributed by atoms with Crippen molar-refractivity contribution in [2.45, 2.75) is 13.5 Å². The number of nitrogens with one attached hydrogen (secondary N) is 1. The summed E-state index contributed by atoms with van der Waals surface area (Å²) in [6.45, 7) is 1.60. The number of phenolic OH excluding ortho intramolecular Hbond substituents is 1. The monoisotopic (exact) mass is 290 g/mol. The molecule has 2 N–H and O–H groups in total. The molecule has 0 bridgehead atoms. The number of aromatic hydroxyl groups is 1. The van der Waals surface area contributed by atoms with Crippen LogP contribution < -0.4 is 0 Å². The molecule has 1 heterocycles. The van der Waals surface area contributed by atoms with Gasteiger partial charge in [0, 0.05) is 19.2 Å². The van der Waals surface area contributed by atoms with Crippen LogP contribution in [0.4, 0.5) is 5.69 Å². The molecule has 0 saturated heterocycles. The van der Waals surface area contributed by atoms with Crippen LogP contribution in [0.5, 0.6) is 5.75 Å². The summed E-state index contributed by atoms with van der Waals surface area (Å²) in [6, 6.07) is 6.58. The van der Waals surface area contributed by atoms with Crippen LogP contribution in [0.15, 0.2) is 24.3 Å². The molecule has 0 aliphatic rings. The number of hydrogen-bond donors (Lipinski definition) is 2. The zero-order valence-electron chi connectivity index (χ0n) is 11.5. The van der Waals surface area contributed by atoms with Crippen molar-refractivity contribution >= 4 is 11.6 Å². The predicted molar refractivity (Wildman–Crippen MR) is 73.9 cm³/mol. The van der Waals surface area contributed by atoms with E-state index < -0.39 is 10.8 Å². The summed E-state index contributed by atoms with van der Waals surface area (Å²) in [5.41, 5.74) is 0.196. The summed E-state index contributed by atoms with van der Waals surface area (Å²) in [7, 11) is 1.49. The van der Waals surface area contributed by atoms with Gasteiger partial charge in [-0.25, -0.2) is 0 Å². The lowest BCUT2D eigenvalue weighted by Gasteiger charge is -2.16. The highest BCUT2D eigenvalue weighted by molar-refractivity contribution is 5.96. The summed E-state index contributed by atoms with van der Waals surface area (Å²) < 4.78 is 0. The Bertz CT molecular complexity index is 695. The van der Waals surface area contributed by atoms with Crippen LogP contribution in [-0.4, -0.2) is 38.1 Å². The van der Waals surface area contributed by atoms with Crippen LogP contribution in [0, 0.1) is 17.0 Å². The van der Waals surface area contributed by atoms with Crippen molar-refractivity contribution in [3.63, 3.8) is 0 Å². The predicted octanol–water partition coefficient (Wildman–Crippen LogP) is 1.60. The second-order valence-electron chi connectivity index (χ2n) is 4.59. The van der Waals surface area contributed by atoms with Gasteiger partial charge in [-0.3, -0.25) is 20.0 Å². The van der Waals surface area contributed by atoms with E-state index in [0.717, 1.165) is 0 Å². The van der Waals surface area contributed by atoms with E-state index in [1.807, 2.05) is 0 Å². The standard InChI is InChI=1S/C13H14N4O4/c1-8-12(17(20)21)11(15-14-8)13(19)16(2)7-9-5-3-4-6-10(9)18/h3-6,18H,7H2,1-2H3,(H,14,15). The molecule has 8 nitrogen and oxygen atoms in total. The first-order valence-corrected chi connectivity index (χ1v) is 6.13. The number of carbonyl (C=O) groups excluding carboxylic acids is 1. The van der Waals surface area contributed by atoms with E-state index in [9.17, 15) is 20.0 Å². The molecule has 0 aliphatic carbocycles. The fraction of sp³-hybridized carbons (Fsp3) is 0.231. The lowest BCUT2D eigenvalue weighted by atomic mass is 10.2. The molecule has 0 unspecified atom stereocenters. The van der Waals surface area contributed by atoms with E-state index in [0.29, 0.717) is 5.56 Å². The van der Waals surface area contributed by atoms with Gasteiger partial charge in [-0.2, -0.15) is 5.10 Å². The number of phenols is 1. The molecule has 2 aromatic rings. The molecule has 0 atom stereocenters. The van der Waals surface area contributed by atoms with E-state index >= 15 is 0 Å². The molecule has 1 amide bonds. The van der Waals surface area contributed by atoms with Gasteiger partial charge in [-0.15, -0.1) is 0 Å². The third kappa shape index (κ3) is 2.83. The molecule has 110 valence electrons. The van der Waals surface area contributed by atoms with Crippen LogP contribution in [-0.2, 0) is 6.54 Å². The first kappa shape index (κ1) is 14.5. The Labute approximate surface area is 120 Å². The van der Waals surface area contributed by atoms with E-state index in [2.05, 4.69) is 10.2 Å². The maximum atomic E-state index is 12.3. The van der Waals surface area contributed by atoms with Crippen LogP contribution in [0.3, 0.4) is 0 Å². The van der Waals surface area contributed by atoms with E-state index in [1.54, 1.807) is 18.2 Å². The van der Waals surface area contributed by atoms with E-state index in [4.69, 9.17) is 0 Å². The maximum absolute atomic E-state index is 12.3. The number of nitrogens with zero attached hydrogens (tertiary/aromatic N) is 3. The average Bonchev–Trinajstić information content (AvgIpc) is 2.82. The van der Waals surface area contributed by atoms with Gasteiger partial charge in [0.2, 0.25) is 5.69 Å². The van der Waals surface area contributed by atoms with Crippen molar-refractivity contribution in [1.82, 2.24) is 15.1 Å². The Balaban J connectivity index is 2.24. The van der Waals surface area contributed by atoms with Gasteiger partial charge in [0.05, 0.1) is 4.92 Å². The summed E-state index contributed by atoms with van der Waals surface area (Å²) in [6.07, 6.45) is 0. The normalized spacial score (nSPS) is 10.4. The number of aryl methyl sites for hydroxylation is 1. The van der Waals surface area contributed by atoms with Crippen molar-refractivity contribution in [3.8, 4) is 5.75 Å². The Morgan fingerprint density at radius 1 is 1.48 bits per heavy atom. The second kappa shape index (κ2) is 5.61. The molecule has 0 radical (unpaired) electrons. The van der Waals surface area contributed by atoms with Crippen LogP contribution in [0.2, 0.25) is 0 Å². The second-order valence-corrected chi connectivity index (χ2v) is 4.59. The number of carbonyl (C=O) groups is 1. The quantitative estimate of drug-likeness (QED) is 0.656. The summed E-state index contributed by atoms with van der Waals surface area (Å²) in [5.74, 6) is -0.529. The van der Waals surface area contributed by atoms with Crippen LogP contribution in [0.25, 0.3) is 0 Å². The Hall–Kier alpha value is -2.90. The number of nitro groups is 1. The van der Waals surface area contributed by atoms with Gasteiger partial charge in [0.1, 0.15) is 11.4 Å². The Morgan fingerprint density at radius 2 is 2.14 bits per heavy atom. The molecular formula is C13H14N4O4. The molecule has 21 heavy (non-hydrogen) atoms. The van der Waals surface area contributed by atoms with E-state index in [-0.39, 0.29) is 29.4 Å². The average molecular weight is 290 g/mol. The summed E-state index contributed by atoms with van der Waals surface area (Å²) in [5, 5.41) is 26.8. The number of aromatic amines is 1. The minimum atomic E-state index is -0.639. The fourth-order valence-electron chi connectivity index (χ4n) is 1.95. The SMILES string of the molecule is Cc1[nH]nc(C(=O)N(C)Cc2ccccc2O)c1[N+](=O)[O-]. The van der Waals surface area contributed by atoms with Crippen molar-refractivity contribution in [2.75, 3.05) is 7.05 Å². The highest BCUT2D eigenvalue weighted by Crippen LogP contribution is 2.23. The van der Waals surface area contributed by atoms with Gasteiger partial charge in [-0.05, 0) is 13.0 Å². The molecule has 0 fully saturated rings. The molecule has 1 aromatic carbocycles. The molecule has 8 heteroatoms. The van der Waals surface area contributed by atoms with Gasteiger partial charge in [0.15, 0.2) is 0 Å². The fourth-order valence-corrected chi connectivity index (χ4v) is 1.95. The zero-order chi connectivity index (χ0) is 15.6. The molecule has 2 rings (SSSR count). The van der Waals surface area contributed by atoms with Crippen molar-refractivity contribution < 1.29 is 14.8 Å². The van der Waals surface area contributed by atoms with Crippen LogP contribution >= 0.6 is 0 Å². The Morgan fingerprint density at radius 3 is 2.76 bits per heavy atom. The zero-order valence-corrected chi connectivity index (χ0v) is 11.5. The van der Waals surface area contributed by atoms with Crippen molar-refractivity contribution in [1.29, 1.82) is 0 Å². The third-order valence-electron chi connectivity index (χ3n) is 3.05. The molecule has 0 spiro atoms. The van der Waals surface area contributed by atoms with Crippen molar-refractivity contribution in [3.05, 3.63) is 51.3 Å². The number of hydrogen-bond acceptors (Lipinski definition) is 5. The minimum Gasteiger partial charge on any atom is -0.508 e. The topological polar surface area (TPSA) is 112 Å². The lowest BCUT2D eigenvalue weighted by molar-refractivity contribution is -0.385.